The number of hydrogen-bond donors (Lipinski definition) is 1. The van der Waals surface area contributed by atoms with Crippen LogP contribution in [0.2, 0.25) is 0 Å². The van der Waals surface area contributed by atoms with Gasteiger partial charge in [0, 0.05) is 37.7 Å². The molecule has 1 rings (SSSR count). The summed E-state index contributed by atoms with van der Waals surface area (Å²) in [5.41, 5.74) is 0. The van der Waals surface area contributed by atoms with Gasteiger partial charge in [-0.05, 0) is 13.8 Å². The average molecular weight is 177 g/mol. The van der Waals surface area contributed by atoms with Gasteiger partial charge in [-0.3, -0.25) is 4.90 Å². The van der Waals surface area contributed by atoms with Crippen LogP contribution in [0.25, 0.3) is 0 Å². The van der Waals surface area contributed by atoms with Crippen molar-refractivity contribution in [3.63, 3.8) is 0 Å². The van der Waals surface area contributed by atoms with Gasteiger partial charge >= 0.3 is 0 Å². The molecule has 0 unspecified atom stereocenters. The number of thioether (sulfide) groups is 1. The van der Waals surface area contributed by atoms with Gasteiger partial charge < -0.3 is 5.11 Å². The Kier molecular flexibility index (Phi) is 7.12. The zero-order valence-electron chi connectivity index (χ0n) is 7.71. The second-order valence-electron chi connectivity index (χ2n) is 2.74. The number of nitrogens with zero attached hydrogens (tertiary/aromatic N) is 1. The topological polar surface area (TPSA) is 23.5 Å². The van der Waals surface area contributed by atoms with Crippen LogP contribution in [-0.2, 0) is 0 Å². The van der Waals surface area contributed by atoms with Crippen LogP contribution in [0, 0.1) is 0 Å². The summed E-state index contributed by atoms with van der Waals surface area (Å²) in [5.74, 6) is 2.66. The Balaban J connectivity index is 0.000000461. The first-order chi connectivity index (χ1) is 5.30. The molecule has 1 fully saturated rings. The maximum atomic E-state index is 7.00. The summed E-state index contributed by atoms with van der Waals surface area (Å²) in [5, 5.41) is 7.00. The molecule has 1 N–H and O–H groups in total. The van der Waals surface area contributed by atoms with Gasteiger partial charge in [0.25, 0.3) is 0 Å². The van der Waals surface area contributed by atoms with Gasteiger partial charge in [0.05, 0.1) is 0 Å². The third-order valence-electron chi connectivity index (χ3n) is 1.78. The molecule has 0 atom stereocenters. The third-order valence-corrected chi connectivity index (χ3v) is 2.72. The Morgan fingerprint density at radius 2 is 1.64 bits per heavy atom. The first-order valence-corrected chi connectivity index (χ1v) is 5.22. The second-order valence-corrected chi connectivity index (χ2v) is 3.97. The van der Waals surface area contributed by atoms with Gasteiger partial charge in [0.1, 0.15) is 0 Å². The number of aliphatic hydroxyl groups is 1. The summed E-state index contributed by atoms with van der Waals surface area (Å²) in [6.07, 6.45) is 0. The molecule has 0 saturated carbocycles. The Morgan fingerprint density at radius 1 is 1.18 bits per heavy atom. The SMILES string of the molecule is CC(C)N1CCSCC1.CO. The van der Waals surface area contributed by atoms with E-state index in [4.69, 9.17) is 5.11 Å². The average Bonchev–Trinajstić information content (AvgIpc) is 2.10. The molecule has 1 saturated heterocycles. The van der Waals surface area contributed by atoms with Crippen molar-refractivity contribution in [1.82, 2.24) is 4.90 Å². The molecule has 1 aliphatic rings. The van der Waals surface area contributed by atoms with Crippen molar-refractivity contribution in [3.05, 3.63) is 0 Å². The summed E-state index contributed by atoms with van der Waals surface area (Å²) in [6.45, 7) is 7.14. The first kappa shape index (κ1) is 11.3. The molecular weight excluding hydrogens is 158 g/mol. The molecule has 0 aromatic rings. The quantitative estimate of drug-likeness (QED) is 0.647. The summed E-state index contributed by atoms with van der Waals surface area (Å²) in [6, 6.07) is 0.755. The van der Waals surface area contributed by atoms with E-state index in [9.17, 15) is 0 Å². The molecule has 0 aliphatic carbocycles. The van der Waals surface area contributed by atoms with Crippen LogP contribution in [0.4, 0.5) is 0 Å². The van der Waals surface area contributed by atoms with Crippen molar-refractivity contribution >= 4 is 11.8 Å². The highest BCUT2D eigenvalue weighted by atomic mass is 32.2. The monoisotopic (exact) mass is 177 g/mol. The van der Waals surface area contributed by atoms with E-state index in [0.717, 1.165) is 13.2 Å². The van der Waals surface area contributed by atoms with Crippen LogP contribution < -0.4 is 0 Å². The molecule has 0 aromatic heterocycles. The molecule has 0 spiro atoms. The molecular formula is C8H19NOS. The maximum Gasteiger partial charge on any atom is 0.0319 e. The Labute approximate surface area is 74.0 Å². The van der Waals surface area contributed by atoms with Gasteiger partial charge in [0.2, 0.25) is 0 Å². The lowest BCUT2D eigenvalue weighted by molar-refractivity contribution is 0.245. The molecule has 11 heavy (non-hydrogen) atoms. The highest BCUT2D eigenvalue weighted by Gasteiger charge is 2.11. The van der Waals surface area contributed by atoms with E-state index in [1.54, 1.807) is 0 Å². The van der Waals surface area contributed by atoms with Gasteiger partial charge in [0.15, 0.2) is 0 Å². The van der Waals surface area contributed by atoms with Crippen molar-refractivity contribution in [3.8, 4) is 0 Å². The van der Waals surface area contributed by atoms with Crippen LogP contribution in [0.5, 0.6) is 0 Å². The minimum Gasteiger partial charge on any atom is -0.400 e. The van der Waals surface area contributed by atoms with E-state index in [1.165, 1.54) is 24.6 Å². The second kappa shape index (κ2) is 6.95. The lowest BCUT2D eigenvalue weighted by Gasteiger charge is -2.29. The molecule has 2 nitrogen and oxygen atoms in total. The molecule has 0 radical (unpaired) electrons. The zero-order valence-corrected chi connectivity index (χ0v) is 8.52. The van der Waals surface area contributed by atoms with Crippen LogP contribution in [0.15, 0.2) is 0 Å². The zero-order chi connectivity index (χ0) is 8.69. The van der Waals surface area contributed by atoms with Gasteiger partial charge in [-0.15, -0.1) is 0 Å². The fraction of sp³-hybridized carbons (Fsp3) is 1.00. The van der Waals surface area contributed by atoms with Crippen LogP contribution >= 0.6 is 11.8 Å². The predicted octanol–water partition coefficient (Wildman–Crippen LogP) is 1.05. The van der Waals surface area contributed by atoms with Crippen molar-refractivity contribution < 1.29 is 5.11 Å². The fourth-order valence-corrected chi connectivity index (χ4v) is 2.03. The molecule has 1 heterocycles. The summed E-state index contributed by atoms with van der Waals surface area (Å²) < 4.78 is 0. The highest BCUT2D eigenvalue weighted by Crippen LogP contribution is 2.10. The van der Waals surface area contributed by atoms with Crippen molar-refractivity contribution in [2.24, 2.45) is 0 Å². The minimum atomic E-state index is 0.755. The smallest absolute Gasteiger partial charge is 0.0319 e. The number of aliphatic hydroxyl groups excluding tert-OH is 1. The number of hydrogen-bond acceptors (Lipinski definition) is 3. The third kappa shape index (κ3) is 4.67. The molecule has 0 bridgehead atoms. The van der Waals surface area contributed by atoms with Crippen molar-refractivity contribution in [2.75, 3.05) is 31.7 Å². The predicted molar refractivity (Wildman–Crippen MR) is 52.2 cm³/mol. The van der Waals surface area contributed by atoms with E-state index >= 15 is 0 Å². The van der Waals surface area contributed by atoms with Gasteiger partial charge in [-0.1, -0.05) is 0 Å². The van der Waals surface area contributed by atoms with Crippen LogP contribution in [0.1, 0.15) is 13.8 Å². The standard InChI is InChI=1S/C7H15NS.CH4O/c1-7(2)8-3-5-9-6-4-8;1-2/h7H,3-6H2,1-2H3;2H,1H3. The fourth-order valence-electron chi connectivity index (χ4n) is 1.09. The lowest BCUT2D eigenvalue weighted by Crippen LogP contribution is -2.37. The number of rotatable bonds is 1. The van der Waals surface area contributed by atoms with E-state index in [-0.39, 0.29) is 0 Å². The summed E-state index contributed by atoms with van der Waals surface area (Å²) >= 11 is 2.07. The molecule has 1 aliphatic heterocycles. The molecule has 3 heteroatoms. The molecule has 0 amide bonds. The van der Waals surface area contributed by atoms with Crippen LogP contribution in [0.3, 0.4) is 0 Å². The summed E-state index contributed by atoms with van der Waals surface area (Å²) in [4.78, 5) is 2.54. The van der Waals surface area contributed by atoms with E-state index in [2.05, 4.69) is 30.5 Å². The van der Waals surface area contributed by atoms with Crippen LogP contribution in [-0.4, -0.2) is 47.8 Å². The Morgan fingerprint density at radius 3 is 1.91 bits per heavy atom. The largest absolute Gasteiger partial charge is 0.400 e. The van der Waals surface area contributed by atoms with Gasteiger partial charge in [-0.2, -0.15) is 11.8 Å². The lowest BCUT2D eigenvalue weighted by atomic mass is 10.3. The summed E-state index contributed by atoms with van der Waals surface area (Å²) in [7, 11) is 1.00. The maximum absolute atomic E-state index is 7.00. The van der Waals surface area contributed by atoms with Crippen molar-refractivity contribution in [1.29, 1.82) is 0 Å². The Bertz CT molecular complexity index is 82.2. The normalized spacial score (nSPS) is 19.4. The first-order valence-electron chi connectivity index (χ1n) is 4.07. The Hall–Kier alpha value is 0.270. The van der Waals surface area contributed by atoms with E-state index < -0.39 is 0 Å². The minimum absolute atomic E-state index is 0.755. The molecule has 68 valence electrons. The highest BCUT2D eigenvalue weighted by molar-refractivity contribution is 7.99. The van der Waals surface area contributed by atoms with Crippen molar-refractivity contribution in [2.45, 2.75) is 19.9 Å². The van der Waals surface area contributed by atoms with E-state index in [0.29, 0.717) is 0 Å². The molecule has 0 aromatic carbocycles. The van der Waals surface area contributed by atoms with E-state index in [1.807, 2.05) is 0 Å². The van der Waals surface area contributed by atoms with Gasteiger partial charge in [-0.25, -0.2) is 0 Å².